The molecule has 1 amide bonds. The van der Waals surface area contributed by atoms with Crippen LogP contribution in [0.3, 0.4) is 0 Å². The third-order valence-electron chi connectivity index (χ3n) is 3.16. The largest absolute Gasteiger partial charge is 0.507 e. The monoisotopic (exact) mass is 351 g/mol. The second kappa shape index (κ2) is 8.31. The predicted octanol–water partition coefficient (Wildman–Crippen LogP) is 2.70. The van der Waals surface area contributed by atoms with Gasteiger partial charge in [-0.2, -0.15) is 0 Å². The number of halogens is 2. The second-order valence-electron chi connectivity index (χ2n) is 4.96. The molecule has 7 heteroatoms. The second-order valence-corrected chi connectivity index (χ2v) is 5.40. The Kier molecular flexibility index (Phi) is 6.14. The highest BCUT2D eigenvalue weighted by Crippen LogP contribution is 2.22. The topological polar surface area (TPSA) is 75.6 Å². The summed E-state index contributed by atoms with van der Waals surface area (Å²) < 4.78 is 17.6. The molecule has 0 saturated carbocycles. The van der Waals surface area contributed by atoms with Crippen LogP contribution in [0.2, 0.25) is 5.02 Å². The lowest BCUT2D eigenvalue weighted by atomic mass is 10.1. The van der Waals surface area contributed by atoms with Gasteiger partial charge in [-0.1, -0.05) is 23.7 Å². The zero-order valence-corrected chi connectivity index (χ0v) is 13.3. The molecule has 0 radical (unpaired) electrons. The van der Waals surface area contributed by atoms with Crippen molar-refractivity contribution in [3.05, 3.63) is 64.4 Å². The van der Waals surface area contributed by atoms with Crippen LogP contribution in [0.1, 0.15) is 15.9 Å². The Morgan fingerprint density at radius 3 is 2.58 bits per heavy atom. The smallest absolute Gasteiger partial charge is 0.342 e. The number of hydrogen-bond donors (Lipinski definition) is 2. The SMILES string of the molecule is O=C(COC(=O)c1cc(Cl)ccc1O)NCCc1ccc(F)cc1. The van der Waals surface area contributed by atoms with Crippen LogP contribution in [0.4, 0.5) is 4.39 Å². The summed E-state index contributed by atoms with van der Waals surface area (Å²) in [5, 5.41) is 12.4. The lowest BCUT2D eigenvalue weighted by Gasteiger charge is -2.08. The van der Waals surface area contributed by atoms with Crippen molar-refractivity contribution in [2.24, 2.45) is 0 Å². The Morgan fingerprint density at radius 1 is 1.17 bits per heavy atom. The van der Waals surface area contributed by atoms with E-state index >= 15 is 0 Å². The number of amides is 1. The van der Waals surface area contributed by atoms with Crippen molar-refractivity contribution in [2.75, 3.05) is 13.2 Å². The number of aromatic hydroxyl groups is 1. The van der Waals surface area contributed by atoms with Gasteiger partial charge >= 0.3 is 5.97 Å². The highest BCUT2D eigenvalue weighted by Gasteiger charge is 2.14. The minimum atomic E-state index is -0.844. The first-order valence-corrected chi connectivity index (χ1v) is 7.50. The Labute approximate surface area is 143 Å². The van der Waals surface area contributed by atoms with Crippen LogP contribution in [-0.2, 0) is 16.0 Å². The molecule has 0 aromatic heterocycles. The Balaban J connectivity index is 1.75. The molecule has 126 valence electrons. The molecule has 2 aromatic rings. The Bertz CT molecular complexity index is 734. The van der Waals surface area contributed by atoms with Crippen LogP contribution < -0.4 is 5.32 Å². The van der Waals surface area contributed by atoms with E-state index in [0.29, 0.717) is 13.0 Å². The first-order valence-electron chi connectivity index (χ1n) is 7.12. The quantitative estimate of drug-likeness (QED) is 0.785. The van der Waals surface area contributed by atoms with Crippen LogP contribution in [0.25, 0.3) is 0 Å². The standard InChI is InChI=1S/C17H15ClFNO4/c18-12-3-6-15(21)14(9-12)17(23)24-10-16(22)20-8-7-11-1-4-13(19)5-2-11/h1-6,9,21H,7-8,10H2,(H,20,22). The number of benzene rings is 2. The van der Waals surface area contributed by atoms with Crippen molar-refractivity contribution in [1.29, 1.82) is 0 Å². The van der Waals surface area contributed by atoms with Crippen molar-refractivity contribution >= 4 is 23.5 Å². The van der Waals surface area contributed by atoms with Gasteiger partial charge in [-0.3, -0.25) is 4.79 Å². The van der Waals surface area contributed by atoms with E-state index in [9.17, 15) is 19.1 Å². The first-order chi connectivity index (χ1) is 11.5. The maximum absolute atomic E-state index is 12.8. The van der Waals surface area contributed by atoms with Gasteiger partial charge in [0, 0.05) is 11.6 Å². The van der Waals surface area contributed by atoms with Crippen LogP contribution in [-0.4, -0.2) is 30.1 Å². The average molecular weight is 352 g/mol. The number of phenolic OH excluding ortho intramolecular Hbond substituents is 1. The van der Waals surface area contributed by atoms with Gasteiger partial charge in [-0.15, -0.1) is 0 Å². The molecule has 0 atom stereocenters. The van der Waals surface area contributed by atoms with Gasteiger partial charge in [0.05, 0.1) is 0 Å². The molecule has 2 N–H and O–H groups in total. The number of ether oxygens (including phenoxy) is 1. The fourth-order valence-corrected chi connectivity index (χ4v) is 2.10. The molecular formula is C17H15ClFNO4. The molecule has 0 aliphatic rings. The molecule has 0 unspecified atom stereocenters. The molecule has 2 aromatic carbocycles. The zero-order valence-electron chi connectivity index (χ0n) is 12.6. The van der Waals surface area contributed by atoms with Gasteiger partial charge in [0.25, 0.3) is 5.91 Å². The summed E-state index contributed by atoms with van der Waals surface area (Å²) in [7, 11) is 0. The molecule has 0 aliphatic heterocycles. The van der Waals surface area contributed by atoms with Gasteiger partial charge in [0.15, 0.2) is 6.61 Å². The Hall–Kier alpha value is -2.60. The number of carbonyl (C=O) groups excluding carboxylic acids is 2. The van der Waals surface area contributed by atoms with Crippen molar-refractivity contribution in [1.82, 2.24) is 5.32 Å². The number of nitrogens with one attached hydrogen (secondary N) is 1. The molecule has 0 bridgehead atoms. The minimum Gasteiger partial charge on any atom is -0.507 e. The lowest BCUT2D eigenvalue weighted by molar-refractivity contribution is -0.124. The van der Waals surface area contributed by atoms with Crippen LogP contribution in [0.15, 0.2) is 42.5 Å². The molecule has 0 fully saturated rings. The van der Waals surface area contributed by atoms with Crippen molar-refractivity contribution < 1.29 is 23.8 Å². The van der Waals surface area contributed by atoms with Crippen molar-refractivity contribution in [3.63, 3.8) is 0 Å². The number of rotatable bonds is 6. The summed E-state index contributed by atoms with van der Waals surface area (Å²) in [6, 6.07) is 9.89. The maximum atomic E-state index is 12.8. The fraction of sp³-hybridized carbons (Fsp3) is 0.176. The van der Waals surface area contributed by atoms with Crippen LogP contribution in [0, 0.1) is 5.82 Å². The van der Waals surface area contributed by atoms with E-state index in [-0.39, 0.29) is 22.2 Å². The van der Waals surface area contributed by atoms with E-state index in [1.165, 1.54) is 30.3 Å². The zero-order chi connectivity index (χ0) is 17.5. The number of hydrogen-bond acceptors (Lipinski definition) is 4. The van der Waals surface area contributed by atoms with E-state index in [4.69, 9.17) is 16.3 Å². The summed E-state index contributed by atoms with van der Waals surface area (Å²) in [4.78, 5) is 23.4. The van der Waals surface area contributed by atoms with E-state index in [1.54, 1.807) is 12.1 Å². The maximum Gasteiger partial charge on any atom is 0.342 e. The van der Waals surface area contributed by atoms with Gasteiger partial charge in [-0.25, -0.2) is 9.18 Å². The van der Waals surface area contributed by atoms with Crippen molar-refractivity contribution in [3.8, 4) is 5.75 Å². The summed E-state index contributed by atoms with van der Waals surface area (Å²) >= 11 is 5.74. The molecule has 2 rings (SSSR count). The number of phenols is 1. The van der Waals surface area contributed by atoms with E-state index in [2.05, 4.69) is 5.32 Å². The predicted molar refractivity (Wildman–Crippen MR) is 86.5 cm³/mol. The third kappa shape index (κ3) is 5.24. The molecule has 5 nitrogen and oxygen atoms in total. The van der Waals surface area contributed by atoms with Gasteiger partial charge in [0.1, 0.15) is 17.1 Å². The lowest BCUT2D eigenvalue weighted by Crippen LogP contribution is -2.30. The molecule has 24 heavy (non-hydrogen) atoms. The van der Waals surface area contributed by atoms with E-state index in [1.807, 2.05) is 0 Å². The summed E-state index contributed by atoms with van der Waals surface area (Å²) in [5.74, 6) is -1.92. The molecule has 0 aliphatic carbocycles. The average Bonchev–Trinajstić information content (AvgIpc) is 2.56. The molecular weight excluding hydrogens is 337 g/mol. The van der Waals surface area contributed by atoms with Gasteiger partial charge in [-0.05, 0) is 42.3 Å². The normalized spacial score (nSPS) is 10.2. The fourth-order valence-electron chi connectivity index (χ4n) is 1.93. The third-order valence-corrected chi connectivity index (χ3v) is 3.40. The highest BCUT2D eigenvalue weighted by molar-refractivity contribution is 6.31. The minimum absolute atomic E-state index is 0.110. The van der Waals surface area contributed by atoms with E-state index < -0.39 is 18.5 Å². The summed E-state index contributed by atoms with van der Waals surface area (Å²) in [5.41, 5.74) is 0.763. The van der Waals surface area contributed by atoms with Gasteiger partial charge in [0.2, 0.25) is 0 Å². The Morgan fingerprint density at radius 2 is 1.88 bits per heavy atom. The number of esters is 1. The van der Waals surface area contributed by atoms with E-state index in [0.717, 1.165) is 5.56 Å². The summed E-state index contributed by atoms with van der Waals surface area (Å²) in [6.07, 6.45) is 0.523. The highest BCUT2D eigenvalue weighted by atomic mass is 35.5. The number of carbonyl (C=O) groups is 2. The molecule has 0 heterocycles. The van der Waals surface area contributed by atoms with Crippen molar-refractivity contribution in [2.45, 2.75) is 6.42 Å². The van der Waals surface area contributed by atoms with Crippen LogP contribution in [0.5, 0.6) is 5.75 Å². The molecule has 0 spiro atoms. The molecule has 0 saturated heterocycles. The van der Waals surface area contributed by atoms with Crippen LogP contribution >= 0.6 is 11.6 Å². The van der Waals surface area contributed by atoms with Gasteiger partial charge < -0.3 is 15.2 Å². The summed E-state index contributed by atoms with van der Waals surface area (Å²) in [6.45, 7) is -0.154. The first kappa shape index (κ1) is 17.7.